The Morgan fingerprint density at radius 3 is 2.29 bits per heavy atom. The van der Waals surface area contributed by atoms with Crippen LogP contribution in [0.5, 0.6) is 0 Å². The molecule has 0 aliphatic heterocycles. The van der Waals surface area contributed by atoms with Crippen LogP contribution in [0.15, 0.2) is 0 Å². The Bertz CT molecular complexity index is 278. The van der Waals surface area contributed by atoms with Crippen molar-refractivity contribution in [1.82, 2.24) is 0 Å². The van der Waals surface area contributed by atoms with Gasteiger partial charge in [-0.3, -0.25) is 4.79 Å². The predicted molar refractivity (Wildman–Crippen MR) is 53.1 cm³/mol. The zero-order chi connectivity index (χ0) is 13.1. The van der Waals surface area contributed by atoms with Crippen LogP contribution in [0, 0.1) is 11.3 Å². The lowest BCUT2D eigenvalue weighted by atomic mass is 9.83. The van der Waals surface area contributed by atoms with E-state index in [4.69, 9.17) is 5.73 Å². The van der Waals surface area contributed by atoms with Crippen LogP contribution >= 0.6 is 0 Å². The van der Waals surface area contributed by atoms with Crippen LogP contribution < -0.4 is 5.73 Å². The number of rotatable bonds is 6. The van der Waals surface area contributed by atoms with Gasteiger partial charge in [0.05, 0.1) is 13.7 Å². The van der Waals surface area contributed by atoms with Crippen LogP contribution in [-0.4, -0.2) is 39.0 Å². The standard InChI is InChI=1S/C10H16F3NO3/c1-16-8(15)9(4-14,7-2-3-7)5-17-6-10(11,12)13/h7H,2-6,14H2,1H3. The highest BCUT2D eigenvalue weighted by Gasteiger charge is 2.51. The maximum Gasteiger partial charge on any atom is 0.411 e. The molecule has 0 aromatic rings. The fourth-order valence-electron chi connectivity index (χ4n) is 1.84. The Labute approximate surface area is 97.2 Å². The second kappa shape index (κ2) is 5.22. The van der Waals surface area contributed by atoms with E-state index in [1.807, 2.05) is 0 Å². The number of carbonyl (C=O) groups excluding carboxylic acids is 1. The third-order valence-electron chi connectivity index (χ3n) is 2.94. The van der Waals surface area contributed by atoms with E-state index in [0.29, 0.717) is 0 Å². The summed E-state index contributed by atoms with van der Waals surface area (Å²) in [6.45, 7) is -1.79. The number of nitrogens with two attached hydrogens (primary N) is 1. The van der Waals surface area contributed by atoms with Gasteiger partial charge in [-0.1, -0.05) is 0 Å². The molecule has 0 aromatic carbocycles. The van der Waals surface area contributed by atoms with Gasteiger partial charge in [0, 0.05) is 6.54 Å². The van der Waals surface area contributed by atoms with E-state index in [2.05, 4.69) is 9.47 Å². The lowest BCUT2D eigenvalue weighted by Gasteiger charge is -2.29. The van der Waals surface area contributed by atoms with Gasteiger partial charge in [0.15, 0.2) is 0 Å². The van der Waals surface area contributed by atoms with Crippen molar-refractivity contribution in [3.05, 3.63) is 0 Å². The van der Waals surface area contributed by atoms with Crippen LogP contribution in [-0.2, 0) is 14.3 Å². The molecule has 100 valence electrons. The van der Waals surface area contributed by atoms with Crippen LogP contribution in [0.4, 0.5) is 13.2 Å². The summed E-state index contributed by atoms with van der Waals surface area (Å²) in [5.74, 6) is -0.627. The second-order valence-electron chi connectivity index (χ2n) is 4.23. The number of halogens is 3. The van der Waals surface area contributed by atoms with Crippen molar-refractivity contribution >= 4 is 5.97 Å². The molecule has 4 nitrogen and oxygen atoms in total. The smallest absolute Gasteiger partial charge is 0.411 e. The highest BCUT2D eigenvalue weighted by molar-refractivity contribution is 5.78. The van der Waals surface area contributed by atoms with Gasteiger partial charge >= 0.3 is 12.1 Å². The number of methoxy groups -OCH3 is 1. The zero-order valence-electron chi connectivity index (χ0n) is 9.55. The van der Waals surface area contributed by atoms with Crippen molar-refractivity contribution in [2.45, 2.75) is 19.0 Å². The fraction of sp³-hybridized carbons (Fsp3) is 0.900. The van der Waals surface area contributed by atoms with E-state index in [1.165, 1.54) is 7.11 Å². The Hall–Kier alpha value is -0.820. The van der Waals surface area contributed by atoms with Gasteiger partial charge < -0.3 is 15.2 Å². The molecule has 0 heterocycles. The molecular formula is C10H16F3NO3. The van der Waals surface area contributed by atoms with Gasteiger partial charge in [-0.2, -0.15) is 13.2 Å². The maximum absolute atomic E-state index is 12.0. The topological polar surface area (TPSA) is 61.5 Å². The van der Waals surface area contributed by atoms with E-state index in [0.717, 1.165) is 12.8 Å². The molecule has 2 N–H and O–H groups in total. The fourth-order valence-corrected chi connectivity index (χ4v) is 1.84. The Morgan fingerprint density at radius 1 is 1.35 bits per heavy atom. The molecule has 17 heavy (non-hydrogen) atoms. The Kier molecular flexibility index (Phi) is 4.37. The molecule has 1 aliphatic carbocycles. The molecule has 1 atom stereocenters. The molecule has 0 saturated heterocycles. The Morgan fingerprint density at radius 2 is 1.94 bits per heavy atom. The van der Waals surface area contributed by atoms with Gasteiger partial charge in [0.1, 0.15) is 12.0 Å². The summed E-state index contributed by atoms with van der Waals surface area (Å²) < 4.78 is 45.1. The van der Waals surface area contributed by atoms with Crippen LogP contribution in [0.2, 0.25) is 0 Å². The number of alkyl halides is 3. The highest BCUT2D eigenvalue weighted by Crippen LogP contribution is 2.46. The molecule has 0 bridgehead atoms. The molecular weight excluding hydrogens is 239 g/mol. The first kappa shape index (κ1) is 14.2. The summed E-state index contributed by atoms with van der Waals surface area (Å²) >= 11 is 0. The number of hydrogen-bond donors (Lipinski definition) is 1. The molecule has 0 amide bonds. The minimum atomic E-state index is -4.40. The van der Waals surface area contributed by atoms with E-state index in [1.54, 1.807) is 0 Å². The van der Waals surface area contributed by atoms with Crippen LogP contribution in [0.3, 0.4) is 0 Å². The summed E-state index contributed by atoms with van der Waals surface area (Å²) in [7, 11) is 1.19. The minimum Gasteiger partial charge on any atom is -0.468 e. The molecule has 1 aliphatic rings. The molecule has 0 aromatic heterocycles. The van der Waals surface area contributed by atoms with Gasteiger partial charge in [-0.25, -0.2) is 0 Å². The molecule has 1 saturated carbocycles. The van der Waals surface area contributed by atoms with Crippen LogP contribution in [0.25, 0.3) is 0 Å². The quantitative estimate of drug-likeness (QED) is 0.722. The second-order valence-corrected chi connectivity index (χ2v) is 4.23. The number of hydrogen-bond acceptors (Lipinski definition) is 4. The van der Waals surface area contributed by atoms with Gasteiger partial charge in [0.25, 0.3) is 0 Å². The summed E-state index contributed by atoms with van der Waals surface area (Å²) in [6.07, 6.45) is -2.87. The minimum absolute atomic E-state index is 0.0341. The van der Waals surface area contributed by atoms with Gasteiger partial charge in [-0.05, 0) is 18.8 Å². The van der Waals surface area contributed by atoms with Gasteiger partial charge in [0.2, 0.25) is 0 Å². The monoisotopic (exact) mass is 255 g/mol. The third-order valence-corrected chi connectivity index (χ3v) is 2.94. The molecule has 1 fully saturated rings. The van der Waals surface area contributed by atoms with E-state index >= 15 is 0 Å². The third kappa shape index (κ3) is 3.57. The molecule has 0 spiro atoms. The van der Waals surface area contributed by atoms with Crippen molar-refractivity contribution < 1.29 is 27.4 Å². The predicted octanol–water partition coefficient (Wildman–Crippen LogP) is 1.09. The molecule has 1 rings (SSSR count). The lowest BCUT2D eigenvalue weighted by molar-refractivity contribution is -0.188. The number of carbonyl (C=O) groups is 1. The first-order valence-corrected chi connectivity index (χ1v) is 5.28. The van der Waals surface area contributed by atoms with Crippen molar-refractivity contribution in [3.8, 4) is 0 Å². The normalized spacial score (nSPS) is 19.8. The SMILES string of the molecule is COC(=O)C(CN)(COCC(F)(F)F)C1CC1. The summed E-state index contributed by atoms with van der Waals surface area (Å²) in [5.41, 5.74) is 4.39. The number of ether oxygens (including phenoxy) is 2. The molecule has 0 radical (unpaired) electrons. The average molecular weight is 255 g/mol. The first-order valence-electron chi connectivity index (χ1n) is 5.28. The zero-order valence-corrected chi connectivity index (χ0v) is 9.55. The summed E-state index contributed by atoms with van der Waals surface area (Å²) in [4.78, 5) is 11.6. The molecule has 1 unspecified atom stereocenters. The van der Waals surface area contributed by atoms with Crippen molar-refractivity contribution in [2.24, 2.45) is 17.1 Å². The maximum atomic E-state index is 12.0. The van der Waals surface area contributed by atoms with E-state index in [-0.39, 0.29) is 19.1 Å². The van der Waals surface area contributed by atoms with Crippen molar-refractivity contribution in [2.75, 3.05) is 26.9 Å². The van der Waals surface area contributed by atoms with E-state index in [9.17, 15) is 18.0 Å². The first-order chi connectivity index (χ1) is 7.85. The largest absolute Gasteiger partial charge is 0.468 e. The summed E-state index contributed by atoms with van der Waals surface area (Å²) in [5, 5.41) is 0. The lowest BCUT2D eigenvalue weighted by Crippen LogP contribution is -2.46. The highest BCUT2D eigenvalue weighted by atomic mass is 19.4. The molecule has 7 heteroatoms. The summed E-state index contributed by atoms with van der Waals surface area (Å²) in [6, 6.07) is 0. The van der Waals surface area contributed by atoms with Gasteiger partial charge in [-0.15, -0.1) is 0 Å². The van der Waals surface area contributed by atoms with Crippen molar-refractivity contribution in [3.63, 3.8) is 0 Å². The average Bonchev–Trinajstić information content (AvgIpc) is 3.06. The number of esters is 1. The van der Waals surface area contributed by atoms with Crippen LogP contribution in [0.1, 0.15) is 12.8 Å². The van der Waals surface area contributed by atoms with E-state index < -0.39 is 24.2 Å². The Balaban J connectivity index is 2.61. The van der Waals surface area contributed by atoms with Crippen molar-refractivity contribution in [1.29, 1.82) is 0 Å².